The van der Waals surface area contributed by atoms with Crippen LogP contribution < -0.4 is 43.1 Å². The molecule has 0 amide bonds. The lowest BCUT2D eigenvalue weighted by Gasteiger charge is -2.56. The second-order valence-corrected chi connectivity index (χ2v) is 31.7. The van der Waals surface area contributed by atoms with Gasteiger partial charge in [0, 0.05) is 191 Å². The van der Waals surface area contributed by atoms with Crippen LogP contribution in [-0.4, -0.2) is 233 Å². The number of H-pyrrole nitrogens is 3. The molecule has 9 aliphatic heterocycles. The van der Waals surface area contributed by atoms with E-state index < -0.39 is 0 Å². The number of nitrogens with one attached hydrogen (secondary N) is 3. The standard InChI is InChI=1S/C31H34N8O3.C28H30N8O2.C27H28N8O2/c1-40-29-7-4-21(12-33-29)15-38-23-10-24(38)17-37(16-23)28-6-5-22(13-32-28)26-11-25(42-9-8-41-19-20-2-3-20)18-39-30(26)27-14-34-35-31(27)36-39;1-17(2)38-22-9-23(27-24-12-31-32-28(24)33-36(27)16-22)19-5-6-25(29-11-19)34-14-20-8-21(15-34)35(20)13-18-4-7-26(37-3)30-10-18;1-3-37-21-9-22(26-23-12-30-31-27(23)32-35(26)16-21)18-5-6-24(28-11-18)33-14-19-8-20(15-33)34(19)13-17-4-7-25(36-2)29-10-17/h4-7,11-14,18,20,23-24H,2-3,8-10,15-17,19H2,1H3,(H,35,36);4-7,9-12,16-17,20-21H,8,13-15H2,1-3H3,(H,32,33);4-7,9-12,16,19-20H,3,8,13-15H2,1-2H3,(H,31,32). The van der Waals surface area contributed by atoms with Crippen molar-refractivity contribution >= 4 is 67.1 Å². The Morgan fingerprint density at radius 2 is 0.778 bits per heavy atom. The summed E-state index contributed by atoms with van der Waals surface area (Å²) < 4.78 is 44.9. The molecule has 6 bridgehead atoms. The Morgan fingerprint density at radius 1 is 0.410 bits per heavy atom. The van der Waals surface area contributed by atoms with Crippen LogP contribution in [0.3, 0.4) is 0 Å². The first-order valence-electron chi connectivity index (χ1n) is 40.4. The second-order valence-electron chi connectivity index (χ2n) is 31.7. The van der Waals surface area contributed by atoms with Gasteiger partial charge in [0.2, 0.25) is 17.6 Å². The number of pyridine rings is 9. The van der Waals surface area contributed by atoms with Crippen LogP contribution >= 0.6 is 0 Å². The van der Waals surface area contributed by atoms with Crippen LogP contribution in [-0.2, 0) is 24.4 Å². The number of fused-ring (bicyclic) bond motifs is 15. The van der Waals surface area contributed by atoms with E-state index in [4.69, 9.17) is 53.2 Å². The molecule has 10 aliphatic rings. The van der Waals surface area contributed by atoms with Crippen molar-refractivity contribution in [2.45, 2.75) is 115 Å². The Kier molecular flexibility index (Phi) is 19.6. The van der Waals surface area contributed by atoms with Crippen molar-refractivity contribution in [3.8, 4) is 68.3 Å². The molecular formula is C86H92N24O7. The topological polar surface area (TPSA) is 299 Å². The molecule has 31 nitrogen and oxygen atoms in total. The highest BCUT2D eigenvalue weighted by Crippen LogP contribution is 2.43. The van der Waals surface area contributed by atoms with Crippen LogP contribution in [0.5, 0.6) is 34.9 Å². The molecular weight excluding hydrogens is 1480 g/mol. The molecule has 1 aliphatic carbocycles. The van der Waals surface area contributed by atoms with Crippen LogP contribution in [0.1, 0.15) is 69.6 Å². The lowest BCUT2D eigenvalue weighted by molar-refractivity contribution is -0.00879. The number of piperazine rings is 3. The number of rotatable bonds is 25. The van der Waals surface area contributed by atoms with Crippen LogP contribution in [0.2, 0.25) is 0 Å². The van der Waals surface area contributed by atoms with E-state index in [0.29, 0.717) is 73.7 Å². The van der Waals surface area contributed by atoms with Crippen LogP contribution in [0, 0.1) is 5.92 Å². The highest BCUT2D eigenvalue weighted by molar-refractivity contribution is 6.03. The molecule has 31 heteroatoms. The molecule has 1 saturated carbocycles. The number of methoxy groups -OCH3 is 3. The molecule has 0 radical (unpaired) electrons. The molecule has 9 saturated heterocycles. The molecule has 25 rings (SSSR count). The summed E-state index contributed by atoms with van der Waals surface area (Å²) in [5.41, 5.74) is 15.0. The number of piperidine rings is 3. The van der Waals surface area contributed by atoms with Crippen LogP contribution in [0.25, 0.3) is 83.0 Å². The van der Waals surface area contributed by atoms with Gasteiger partial charge in [-0.2, -0.15) is 15.3 Å². The van der Waals surface area contributed by atoms with Crippen molar-refractivity contribution in [2.24, 2.45) is 5.92 Å². The van der Waals surface area contributed by atoms with Gasteiger partial charge in [-0.1, -0.05) is 18.2 Å². The van der Waals surface area contributed by atoms with Gasteiger partial charge in [0.05, 0.1) is 111 Å². The maximum Gasteiger partial charge on any atom is 0.212 e. The van der Waals surface area contributed by atoms with Gasteiger partial charge in [-0.05, 0) is 130 Å². The third-order valence-electron chi connectivity index (χ3n) is 23.8. The number of hydrogen-bond acceptors (Lipinski definition) is 25. The summed E-state index contributed by atoms with van der Waals surface area (Å²) in [4.78, 5) is 42.8. The Morgan fingerprint density at radius 3 is 1.10 bits per heavy atom. The number of ether oxygens (including phenoxy) is 7. The number of anilines is 3. The minimum Gasteiger partial charge on any atom is -0.492 e. The summed E-state index contributed by atoms with van der Waals surface area (Å²) >= 11 is 0. The quantitative estimate of drug-likeness (QED) is 0.0448. The van der Waals surface area contributed by atoms with Gasteiger partial charge in [-0.15, -0.1) is 15.3 Å². The van der Waals surface area contributed by atoms with E-state index in [1.165, 1.54) is 48.8 Å². The van der Waals surface area contributed by atoms with Crippen molar-refractivity contribution < 1.29 is 33.2 Å². The Labute approximate surface area is 673 Å². The summed E-state index contributed by atoms with van der Waals surface area (Å²) in [7, 11) is 4.94. The lowest BCUT2D eigenvalue weighted by Crippen LogP contribution is -2.68. The lowest BCUT2D eigenvalue weighted by atomic mass is 9.87. The van der Waals surface area contributed by atoms with Gasteiger partial charge in [-0.3, -0.25) is 30.0 Å². The maximum absolute atomic E-state index is 6.10. The molecule has 117 heavy (non-hydrogen) atoms. The van der Waals surface area contributed by atoms with Gasteiger partial charge >= 0.3 is 0 Å². The van der Waals surface area contributed by atoms with Gasteiger partial charge in [0.1, 0.15) is 41.3 Å². The zero-order valence-corrected chi connectivity index (χ0v) is 66.2. The summed E-state index contributed by atoms with van der Waals surface area (Å²) in [6, 6.07) is 34.3. The molecule has 598 valence electrons. The van der Waals surface area contributed by atoms with Gasteiger partial charge in [0.25, 0.3) is 0 Å². The zero-order chi connectivity index (χ0) is 78.8. The van der Waals surface area contributed by atoms with Crippen molar-refractivity contribution in [2.75, 3.05) is 102 Å². The summed E-state index contributed by atoms with van der Waals surface area (Å²) in [5.74, 6) is 8.04. The average Bonchev–Trinajstić information content (AvgIpc) is 1.72. The first-order valence-corrected chi connectivity index (χ1v) is 40.4. The summed E-state index contributed by atoms with van der Waals surface area (Å²) in [6.45, 7) is 17.2. The number of aromatic amines is 3. The van der Waals surface area contributed by atoms with E-state index in [-0.39, 0.29) is 6.10 Å². The Balaban J connectivity index is 0.000000113. The van der Waals surface area contributed by atoms with E-state index >= 15 is 0 Å². The molecule has 3 N–H and O–H groups in total. The zero-order valence-electron chi connectivity index (χ0n) is 66.2. The fourth-order valence-corrected chi connectivity index (χ4v) is 17.8. The van der Waals surface area contributed by atoms with Crippen molar-refractivity contribution in [1.29, 1.82) is 0 Å². The number of hydrogen-bond donors (Lipinski definition) is 3. The van der Waals surface area contributed by atoms with Crippen molar-refractivity contribution in [1.82, 2.24) is 104 Å². The normalized spacial score (nSPS) is 19.7. The highest BCUT2D eigenvalue weighted by atomic mass is 16.5. The van der Waals surface area contributed by atoms with Crippen LogP contribution in [0.4, 0.5) is 17.5 Å². The predicted octanol–water partition coefficient (Wildman–Crippen LogP) is 11.4. The predicted molar refractivity (Wildman–Crippen MR) is 442 cm³/mol. The Bertz CT molecular complexity index is 5970. The molecule has 6 unspecified atom stereocenters. The smallest absolute Gasteiger partial charge is 0.212 e. The molecule has 15 aromatic heterocycles. The largest absolute Gasteiger partial charge is 0.492 e. The van der Waals surface area contributed by atoms with E-state index in [0.717, 1.165) is 189 Å². The van der Waals surface area contributed by atoms with Gasteiger partial charge in [0.15, 0.2) is 16.9 Å². The van der Waals surface area contributed by atoms with Crippen molar-refractivity contribution in [3.05, 3.63) is 182 Å². The average molecular weight is 1570 g/mol. The summed E-state index contributed by atoms with van der Waals surface area (Å²) in [6.07, 6.45) is 29.2. The fraction of sp³-hybridized carbons (Fsp3) is 0.372. The Hall–Kier alpha value is -12.6. The van der Waals surface area contributed by atoms with Gasteiger partial charge < -0.3 is 47.9 Å². The number of aromatic nitrogens is 18. The van der Waals surface area contributed by atoms with E-state index in [9.17, 15) is 0 Å². The van der Waals surface area contributed by atoms with E-state index in [1.807, 2.05) is 127 Å². The monoisotopic (exact) mass is 1570 g/mol. The first-order chi connectivity index (χ1) is 57.5. The molecule has 15 aromatic rings. The molecule has 0 spiro atoms. The third kappa shape index (κ3) is 14.7. The fourth-order valence-electron chi connectivity index (χ4n) is 17.8. The first kappa shape index (κ1) is 73.3. The minimum atomic E-state index is 0.0639. The minimum absolute atomic E-state index is 0.0639. The van der Waals surface area contributed by atoms with Crippen molar-refractivity contribution in [3.63, 3.8) is 0 Å². The highest BCUT2D eigenvalue weighted by Gasteiger charge is 2.47. The molecule has 24 heterocycles. The molecule has 6 atom stereocenters. The second kappa shape index (κ2) is 31.2. The molecule has 10 fully saturated rings. The van der Waals surface area contributed by atoms with E-state index in [2.05, 4.69) is 158 Å². The van der Waals surface area contributed by atoms with E-state index in [1.54, 1.807) is 21.3 Å². The van der Waals surface area contributed by atoms with Crippen LogP contribution in [0.15, 0.2) is 165 Å². The summed E-state index contributed by atoms with van der Waals surface area (Å²) in [5, 5.41) is 38.4. The van der Waals surface area contributed by atoms with Gasteiger partial charge in [-0.25, -0.2) is 43.5 Å². The molecule has 0 aromatic carbocycles. The SMILES string of the molecule is CCOc1cc(-c2ccc(N3CC4CC(C3)N4Cc3ccc(OC)nc3)nc2)c2c3cn[nH]c3nn2c1.COc1ccc(CN2C3CC2CN(c2ccc(-c4cc(OC(C)C)cn5nc6[nH]ncc6c45)cn2)C3)cn1.COc1ccc(CN2C3CC2CN(c2ccc(-c4cc(OCCOCC5CC5)cn5nc6[nH]ncc6c45)cn2)C3)cn1. The maximum atomic E-state index is 6.10. The third-order valence-corrected chi connectivity index (χ3v) is 23.8. The number of nitrogens with zero attached hydrogens (tertiary/aromatic N) is 21.